The summed E-state index contributed by atoms with van der Waals surface area (Å²) in [4.78, 5) is 0. The second-order valence-electron chi connectivity index (χ2n) is 13.2. The van der Waals surface area contributed by atoms with Crippen LogP contribution in [-0.4, -0.2) is 3.21 Å². The smallest absolute Gasteiger partial charge is 1.00 e. The van der Waals surface area contributed by atoms with E-state index in [-0.39, 0.29) is 35.6 Å². The van der Waals surface area contributed by atoms with Crippen molar-refractivity contribution in [3.8, 4) is 0 Å². The summed E-state index contributed by atoms with van der Waals surface area (Å²) in [6.45, 7) is 20.2. The van der Waals surface area contributed by atoms with Crippen LogP contribution in [0.3, 0.4) is 0 Å². The third kappa shape index (κ3) is 7.22. The maximum atomic E-state index is 3.15. The Kier molecular flexibility index (Phi) is 11.0. The van der Waals surface area contributed by atoms with Crippen molar-refractivity contribution in [3.05, 3.63) is 124 Å². The van der Waals surface area contributed by atoms with Crippen LogP contribution < -0.4 is 24.8 Å². The zero-order valence-corrected chi connectivity index (χ0v) is 30.9. The first-order valence-corrected chi connectivity index (χ1v) is 16.0. The second-order valence-corrected chi connectivity index (χ2v) is 15.1. The fourth-order valence-corrected chi connectivity index (χ4v) is 7.07. The van der Waals surface area contributed by atoms with Gasteiger partial charge in [0.2, 0.25) is 0 Å². The topological polar surface area (TPSA) is 0 Å². The Labute approximate surface area is 286 Å². The number of hydrogen-bond donors (Lipinski definition) is 0. The summed E-state index contributed by atoms with van der Waals surface area (Å²) in [5.41, 5.74) is 11.6. The normalized spacial score (nSPS) is 18.1. The van der Waals surface area contributed by atoms with Gasteiger partial charge < -0.3 is 24.8 Å². The minimum atomic E-state index is 0. The molecular weight excluding hydrogens is 643 g/mol. The van der Waals surface area contributed by atoms with E-state index in [0.717, 1.165) is 0 Å². The molecule has 0 saturated carbocycles. The summed E-state index contributed by atoms with van der Waals surface area (Å²) in [5.74, 6) is 0.556. The quantitative estimate of drug-likeness (QED) is 0.253. The molecule has 4 aromatic rings. The van der Waals surface area contributed by atoms with E-state index < -0.39 is 0 Å². The molecule has 7 rings (SSSR count). The van der Waals surface area contributed by atoms with Gasteiger partial charge in [-0.15, -0.1) is 46.7 Å². The molecular formula is C40H42Cl2Zr-2. The van der Waals surface area contributed by atoms with Gasteiger partial charge in [-0.1, -0.05) is 75.9 Å². The largest absolute Gasteiger partial charge is 1.00 e. The van der Waals surface area contributed by atoms with Crippen molar-refractivity contribution >= 4 is 35.9 Å². The van der Waals surface area contributed by atoms with Crippen LogP contribution in [-0.2, 0) is 35.1 Å². The van der Waals surface area contributed by atoms with Crippen molar-refractivity contribution < 1.29 is 49.0 Å². The van der Waals surface area contributed by atoms with E-state index in [4.69, 9.17) is 0 Å². The van der Waals surface area contributed by atoms with Crippen LogP contribution in [0.1, 0.15) is 90.1 Å². The predicted octanol–water partition coefficient (Wildman–Crippen LogP) is 4.82. The Balaban J connectivity index is 0.000000233. The van der Waals surface area contributed by atoms with Gasteiger partial charge in [0, 0.05) is 10.8 Å². The van der Waals surface area contributed by atoms with E-state index in [9.17, 15) is 0 Å². The van der Waals surface area contributed by atoms with Gasteiger partial charge in [0.25, 0.3) is 0 Å². The third-order valence-corrected chi connectivity index (χ3v) is 9.38. The van der Waals surface area contributed by atoms with Crippen LogP contribution in [0.4, 0.5) is 0 Å². The molecule has 1 atom stereocenters. The molecule has 3 heteroatoms. The molecule has 4 aromatic carbocycles. The molecule has 3 aliphatic carbocycles. The number of halogens is 2. The van der Waals surface area contributed by atoms with Gasteiger partial charge >= 0.3 is 70.3 Å². The van der Waals surface area contributed by atoms with E-state index in [1.807, 2.05) is 12.1 Å². The number of fused-ring (bicyclic) bond motifs is 5. The molecule has 1 unspecified atom stereocenters. The fourth-order valence-electron chi connectivity index (χ4n) is 6.66. The van der Waals surface area contributed by atoms with Gasteiger partial charge in [-0.25, -0.2) is 11.6 Å². The average Bonchev–Trinajstić information content (AvgIpc) is 3.59. The second kappa shape index (κ2) is 13.4. The van der Waals surface area contributed by atoms with Gasteiger partial charge in [0.1, 0.15) is 0 Å². The monoisotopic (exact) mass is 682 g/mol. The number of hydrogen-bond acceptors (Lipinski definition) is 0. The Morgan fingerprint density at radius 2 is 1.23 bits per heavy atom. The van der Waals surface area contributed by atoms with Crippen LogP contribution in [0.15, 0.2) is 90.5 Å². The van der Waals surface area contributed by atoms with E-state index in [1.54, 1.807) is 0 Å². The zero-order valence-electron chi connectivity index (χ0n) is 26.9. The van der Waals surface area contributed by atoms with Crippen LogP contribution in [0, 0.1) is 12.0 Å². The molecule has 0 nitrogen and oxygen atoms in total. The number of benzene rings is 3. The minimum absolute atomic E-state index is 0. The molecule has 3 aliphatic rings. The first-order chi connectivity index (χ1) is 19.3. The zero-order chi connectivity index (χ0) is 29.7. The third-order valence-electron chi connectivity index (χ3n) is 8.67. The molecule has 0 radical (unpaired) electrons. The maximum absolute atomic E-state index is 3.15. The van der Waals surface area contributed by atoms with Crippen LogP contribution in [0.25, 0.3) is 32.7 Å². The van der Waals surface area contributed by atoms with Crippen molar-refractivity contribution in [2.45, 2.75) is 73.1 Å². The fraction of sp³-hybridized carbons (Fsp3) is 0.300. The Bertz CT molecular complexity index is 1700. The molecule has 0 aromatic heterocycles. The van der Waals surface area contributed by atoms with Crippen molar-refractivity contribution in [1.29, 1.82) is 0 Å². The summed E-state index contributed by atoms with van der Waals surface area (Å²) in [6, 6.07) is 22.6. The first kappa shape index (κ1) is 35.3. The minimum Gasteiger partial charge on any atom is -1.00 e. The number of rotatable bonds is 1. The van der Waals surface area contributed by atoms with Crippen molar-refractivity contribution in [1.82, 2.24) is 0 Å². The van der Waals surface area contributed by atoms with E-state index >= 15 is 0 Å². The first-order valence-electron chi connectivity index (χ1n) is 14.8. The van der Waals surface area contributed by atoms with E-state index in [1.165, 1.54) is 93.5 Å². The van der Waals surface area contributed by atoms with E-state index in [2.05, 4.69) is 141 Å². The summed E-state index contributed by atoms with van der Waals surface area (Å²) in [6.07, 6.45) is 12.2. The predicted molar refractivity (Wildman–Crippen MR) is 177 cm³/mol. The summed E-state index contributed by atoms with van der Waals surface area (Å²) in [5, 5.41) is 5.57. The molecule has 0 saturated heterocycles. The average molecular weight is 685 g/mol. The Morgan fingerprint density at radius 3 is 1.56 bits per heavy atom. The molecule has 0 N–H and O–H groups in total. The molecule has 0 aliphatic heterocycles. The van der Waals surface area contributed by atoms with Gasteiger partial charge in [-0.3, -0.25) is 6.08 Å². The Morgan fingerprint density at radius 1 is 0.767 bits per heavy atom. The van der Waals surface area contributed by atoms with Crippen molar-refractivity contribution in [2.24, 2.45) is 5.92 Å². The van der Waals surface area contributed by atoms with Crippen LogP contribution in [0.2, 0.25) is 0 Å². The van der Waals surface area contributed by atoms with Gasteiger partial charge in [-0.2, -0.15) is 6.08 Å². The molecule has 0 amide bonds. The number of allylic oxidation sites excluding steroid dienone is 8. The van der Waals surface area contributed by atoms with Gasteiger partial charge in [0.15, 0.2) is 0 Å². The summed E-state index contributed by atoms with van der Waals surface area (Å²) >= 11 is 1.51. The van der Waals surface area contributed by atoms with Gasteiger partial charge in [-0.05, 0) is 36.1 Å². The molecule has 222 valence electrons. The SMILES string of the molecule is CC1=CC(C)(C)c2cc3[cH-]c4cc5c(cc4c3cc21)C(C)=CC5(C)C.CC1=CC(C)[C-]=C1.C[C](=[Zr+2])c1ccccc1.[Cl-].[Cl-]. The summed E-state index contributed by atoms with van der Waals surface area (Å²) < 4.78 is 1.46. The van der Waals surface area contributed by atoms with Crippen LogP contribution in [0.5, 0.6) is 0 Å². The van der Waals surface area contributed by atoms with E-state index in [0.29, 0.717) is 5.92 Å². The Hall–Kier alpha value is -2.18. The van der Waals surface area contributed by atoms with Gasteiger partial charge in [0.05, 0.1) is 0 Å². The molecule has 0 spiro atoms. The maximum Gasteiger partial charge on any atom is -1.00 e. The summed E-state index contributed by atoms with van der Waals surface area (Å²) in [7, 11) is 0. The molecule has 0 fully saturated rings. The van der Waals surface area contributed by atoms with Crippen molar-refractivity contribution in [2.75, 3.05) is 0 Å². The molecule has 43 heavy (non-hydrogen) atoms. The molecule has 0 heterocycles. The standard InChI is InChI=1S/C25H25.C8H8.C7H9.2ClH.Zr/c1-14-12-24(3,4)22-8-16-7-17-9-23-19(15(2)13-25(23,5)6)11-21(17)20(16)10-18(14)22;1-2-8-6-4-3-5-7-8;1-6-3-4-7(2)5-6;;;/h7-13H,1-6H3;3-7H,1H3;3,5,7H,1-2H3;2*1H;/q-1;;-1;;;+2/p-2. The van der Waals surface area contributed by atoms with Crippen molar-refractivity contribution in [3.63, 3.8) is 0 Å². The molecule has 0 bridgehead atoms. The van der Waals surface area contributed by atoms with Crippen LogP contribution >= 0.6 is 0 Å².